The molecule has 0 saturated carbocycles. The normalized spacial score (nSPS) is 11.0. The molecule has 2 aromatic rings. The van der Waals surface area contributed by atoms with Gasteiger partial charge in [0, 0.05) is 30.1 Å². The molecule has 0 aliphatic heterocycles. The third-order valence-electron chi connectivity index (χ3n) is 2.97. The van der Waals surface area contributed by atoms with E-state index >= 15 is 0 Å². The topological polar surface area (TPSA) is 60.0 Å². The number of anilines is 1. The minimum Gasteiger partial charge on any atom is -0.399 e. The van der Waals surface area contributed by atoms with E-state index in [0.717, 1.165) is 34.5 Å². The summed E-state index contributed by atoms with van der Waals surface area (Å²) >= 11 is 1.71. The van der Waals surface area contributed by atoms with E-state index in [1.165, 1.54) is 0 Å². The molecule has 1 heterocycles. The van der Waals surface area contributed by atoms with Crippen LogP contribution in [0.1, 0.15) is 0 Å². The minimum atomic E-state index is 0.691. The predicted molar refractivity (Wildman–Crippen MR) is 89.3 cm³/mol. The average molecular weight is 303 g/mol. The van der Waals surface area contributed by atoms with Gasteiger partial charge in [-0.25, -0.2) is 0 Å². The molecule has 5 nitrogen and oxygen atoms in total. The molecule has 2 rings (SSSR count). The first-order chi connectivity index (χ1) is 10.1. The van der Waals surface area contributed by atoms with Crippen LogP contribution in [0, 0.1) is 0 Å². The Morgan fingerprint density at radius 3 is 2.62 bits per heavy atom. The van der Waals surface area contributed by atoms with Gasteiger partial charge in [0.1, 0.15) is 0 Å². The first kappa shape index (κ1) is 15.6. The number of aromatic nitrogens is 3. The van der Waals surface area contributed by atoms with E-state index in [1.54, 1.807) is 11.8 Å². The van der Waals surface area contributed by atoms with Crippen molar-refractivity contribution >= 4 is 17.4 Å². The highest BCUT2D eigenvalue weighted by Crippen LogP contribution is 2.24. The molecule has 6 heteroatoms. The van der Waals surface area contributed by atoms with E-state index in [4.69, 9.17) is 5.73 Å². The number of hydrogen-bond acceptors (Lipinski definition) is 5. The predicted octanol–water partition coefficient (Wildman–Crippen LogP) is 2.37. The Morgan fingerprint density at radius 1 is 1.29 bits per heavy atom. The van der Waals surface area contributed by atoms with Gasteiger partial charge in [0.25, 0.3) is 0 Å². The molecule has 0 saturated heterocycles. The van der Waals surface area contributed by atoms with Crippen molar-refractivity contribution in [1.29, 1.82) is 0 Å². The van der Waals surface area contributed by atoms with Crippen LogP contribution < -0.4 is 5.73 Å². The summed E-state index contributed by atoms with van der Waals surface area (Å²) < 4.78 is 2.08. The fraction of sp³-hybridized carbons (Fsp3) is 0.333. The molecular formula is C15H21N5S. The summed E-state index contributed by atoms with van der Waals surface area (Å²) in [6.45, 7) is 5.51. The lowest BCUT2D eigenvalue weighted by atomic mass is 10.2. The molecule has 0 bridgehead atoms. The Morgan fingerprint density at radius 2 is 2.00 bits per heavy atom. The van der Waals surface area contributed by atoms with Crippen molar-refractivity contribution in [2.24, 2.45) is 0 Å². The Kier molecular flexibility index (Phi) is 5.41. The molecule has 0 spiro atoms. The third-order valence-corrected chi connectivity index (χ3v) is 3.91. The second-order valence-corrected chi connectivity index (χ2v) is 6.04. The van der Waals surface area contributed by atoms with E-state index in [-0.39, 0.29) is 0 Å². The van der Waals surface area contributed by atoms with Crippen LogP contribution in [0.25, 0.3) is 11.4 Å². The summed E-state index contributed by atoms with van der Waals surface area (Å²) in [4.78, 5) is 2.15. The monoisotopic (exact) mass is 303 g/mol. The zero-order valence-electron chi connectivity index (χ0n) is 12.5. The highest BCUT2D eigenvalue weighted by atomic mass is 32.2. The maximum absolute atomic E-state index is 5.73. The number of allylic oxidation sites excluding steroid dienone is 1. The third kappa shape index (κ3) is 4.09. The van der Waals surface area contributed by atoms with Crippen molar-refractivity contribution in [3.05, 3.63) is 36.9 Å². The molecule has 0 aliphatic rings. The van der Waals surface area contributed by atoms with Crippen LogP contribution in [0.15, 0.2) is 42.1 Å². The summed E-state index contributed by atoms with van der Waals surface area (Å²) in [5.74, 6) is 1.83. The average Bonchev–Trinajstić information content (AvgIpc) is 2.83. The Labute approximate surface area is 129 Å². The van der Waals surface area contributed by atoms with E-state index in [0.29, 0.717) is 6.54 Å². The van der Waals surface area contributed by atoms with Crippen molar-refractivity contribution in [2.75, 3.05) is 32.1 Å². The standard InChI is InChI=1S/C15H21N5S/c1-4-9-20-14(12-5-7-13(16)8-6-12)17-18-15(20)21-11-10-19(2)3/h4-8H,1,9-11,16H2,2-3H3. The summed E-state index contributed by atoms with van der Waals surface area (Å²) in [7, 11) is 4.13. The first-order valence-corrected chi connectivity index (χ1v) is 7.78. The lowest BCUT2D eigenvalue weighted by molar-refractivity contribution is 0.437. The molecule has 0 aliphatic carbocycles. The van der Waals surface area contributed by atoms with Gasteiger partial charge in [-0.15, -0.1) is 16.8 Å². The van der Waals surface area contributed by atoms with Crippen molar-refractivity contribution in [1.82, 2.24) is 19.7 Å². The van der Waals surface area contributed by atoms with Gasteiger partial charge in [-0.05, 0) is 38.4 Å². The number of rotatable bonds is 7. The summed E-state index contributed by atoms with van der Waals surface area (Å²) in [6, 6.07) is 7.68. The van der Waals surface area contributed by atoms with Crippen molar-refractivity contribution < 1.29 is 0 Å². The molecule has 2 N–H and O–H groups in total. The Balaban J connectivity index is 2.23. The van der Waals surface area contributed by atoms with Crippen molar-refractivity contribution in [3.8, 4) is 11.4 Å². The zero-order chi connectivity index (χ0) is 15.2. The largest absolute Gasteiger partial charge is 0.399 e. The van der Waals surface area contributed by atoms with Gasteiger partial charge in [0.2, 0.25) is 0 Å². The van der Waals surface area contributed by atoms with Crippen LogP contribution in [0.3, 0.4) is 0 Å². The smallest absolute Gasteiger partial charge is 0.191 e. The van der Waals surface area contributed by atoms with Gasteiger partial charge >= 0.3 is 0 Å². The van der Waals surface area contributed by atoms with Crippen molar-refractivity contribution in [2.45, 2.75) is 11.7 Å². The Hall–Kier alpha value is -1.79. The van der Waals surface area contributed by atoms with Gasteiger partial charge in [-0.1, -0.05) is 17.8 Å². The number of nitrogens with two attached hydrogens (primary N) is 1. The number of thioether (sulfide) groups is 1. The quantitative estimate of drug-likeness (QED) is 0.483. The van der Waals surface area contributed by atoms with Crippen molar-refractivity contribution in [3.63, 3.8) is 0 Å². The van der Waals surface area contributed by atoms with Gasteiger partial charge in [0.05, 0.1) is 0 Å². The molecule has 0 atom stereocenters. The number of hydrogen-bond donors (Lipinski definition) is 1. The zero-order valence-corrected chi connectivity index (χ0v) is 13.3. The van der Waals surface area contributed by atoms with Gasteiger partial charge < -0.3 is 10.6 Å². The van der Waals surface area contributed by atoms with Crippen LogP contribution >= 0.6 is 11.8 Å². The van der Waals surface area contributed by atoms with Crippen LogP contribution in [0.2, 0.25) is 0 Å². The van der Waals surface area contributed by atoms with E-state index in [2.05, 4.69) is 40.3 Å². The molecule has 0 unspecified atom stereocenters. The highest BCUT2D eigenvalue weighted by Gasteiger charge is 2.13. The molecule has 0 radical (unpaired) electrons. The summed E-state index contributed by atoms with van der Waals surface area (Å²) in [5.41, 5.74) is 7.49. The fourth-order valence-corrected chi connectivity index (χ4v) is 2.91. The molecule has 0 amide bonds. The summed E-state index contributed by atoms with van der Waals surface area (Å²) in [6.07, 6.45) is 1.86. The number of benzene rings is 1. The maximum atomic E-state index is 5.73. The molecule has 0 fully saturated rings. The fourth-order valence-electron chi connectivity index (χ4n) is 1.85. The molecule has 21 heavy (non-hydrogen) atoms. The van der Waals surface area contributed by atoms with Crippen LogP contribution in [-0.4, -0.2) is 46.1 Å². The minimum absolute atomic E-state index is 0.691. The van der Waals surface area contributed by atoms with Gasteiger partial charge in [-0.2, -0.15) is 0 Å². The van der Waals surface area contributed by atoms with Crippen LogP contribution in [-0.2, 0) is 6.54 Å². The van der Waals surface area contributed by atoms with E-state index in [1.807, 2.05) is 30.3 Å². The Bertz CT molecular complexity index is 589. The number of nitrogen functional groups attached to an aromatic ring is 1. The molecule has 1 aromatic heterocycles. The lowest BCUT2D eigenvalue weighted by Crippen LogP contribution is -2.15. The van der Waals surface area contributed by atoms with Crippen LogP contribution in [0.5, 0.6) is 0 Å². The second kappa shape index (κ2) is 7.28. The van der Waals surface area contributed by atoms with Crippen LogP contribution in [0.4, 0.5) is 5.69 Å². The van der Waals surface area contributed by atoms with E-state index in [9.17, 15) is 0 Å². The second-order valence-electron chi connectivity index (χ2n) is 4.98. The lowest BCUT2D eigenvalue weighted by Gasteiger charge is -2.10. The van der Waals surface area contributed by atoms with Gasteiger partial charge in [0.15, 0.2) is 11.0 Å². The summed E-state index contributed by atoms with van der Waals surface area (Å²) in [5, 5.41) is 9.55. The van der Waals surface area contributed by atoms with Gasteiger partial charge in [-0.3, -0.25) is 4.57 Å². The molecule has 1 aromatic carbocycles. The number of nitrogens with zero attached hydrogens (tertiary/aromatic N) is 4. The first-order valence-electron chi connectivity index (χ1n) is 6.79. The SMILES string of the molecule is C=CCn1c(SCCN(C)C)nnc1-c1ccc(N)cc1. The molecular weight excluding hydrogens is 282 g/mol. The maximum Gasteiger partial charge on any atom is 0.191 e. The van der Waals surface area contributed by atoms with E-state index < -0.39 is 0 Å². The molecule has 112 valence electrons. The highest BCUT2D eigenvalue weighted by molar-refractivity contribution is 7.99.